The number of aliphatic hydroxyl groups is 2. The van der Waals surface area contributed by atoms with Crippen LogP contribution in [0.5, 0.6) is 5.75 Å². The molecule has 3 aromatic rings. The molecule has 4 atom stereocenters. The first-order valence-corrected chi connectivity index (χ1v) is 13.3. The van der Waals surface area contributed by atoms with Gasteiger partial charge in [-0.2, -0.15) is 0 Å². The zero-order valence-corrected chi connectivity index (χ0v) is 22.2. The van der Waals surface area contributed by atoms with E-state index in [1.165, 1.54) is 35.2 Å². The van der Waals surface area contributed by atoms with E-state index in [1.54, 1.807) is 11.8 Å². The Hall–Kier alpha value is -4.32. The van der Waals surface area contributed by atoms with Crippen LogP contribution in [0.1, 0.15) is 38.2 Å². The van der Waals surface area contributed by atoms with E-state index in [4.69, 9.17) is 15.2 Å². The monoisotopic (exact) mass is 567 g/mol. The first-order valence-electron chi connectivity index (χ1n) is 13.3. The molecule has 2 unspecified atom stereocenters. The van der Waals surface area contributed by atoms with Gasteiger partial charge < -0.3 is 35.6 Å². The molecule has 5 N–H and O–H groups in total. The van der Waals surface area contributed by atoms with E-state index < -0.39 is 42.4 Å². The van der Waals surface area contributed by atoms with E-state index in [9.17, 15) is 24.2 Å². The van der Waals surface area contributed by atoms with Crippen LogP contribution in [0.2, 0.25) is 0 Å². The van der Waals surface area contributed by atoms with Gasteiger partial charge in [-0.1, -0.05) is 5.92 Å². The molecule has 2 fully saturated rings. The number of nitrogen functional groups attached to an aromatic ring is 1. The first-order chi connectivity index (χ1) is 19.7. The molecule has 0 bridgehead atoms. The van der Waals surface area contributed by atoms with Gasteiger partial charge in [-0.15, -0.1) is 0 Å². The van der Waals surface area contributed by atoms with Crippen LogP contribution in [0.25, 0.3) is 11.2 Å². The average molecular weight is 568 g/mol. The molecule has 14 heteroatoms. The maximum absolute atomic E-state index is 13.1. The fourth-order valence-electron chi connectivity index (χ4n) is 4.82. The molecule has 5 rings (SSSR count). The Morgan fingerprint density at radius 1 is 1.20 bits per heavy atom. The predicted octanol–water partition coefficient (Wildman–Crippen LogP) is 0.955. The van der Waals surface area contributed by atoms with Crippen molar-refractivity contribution < 1.29 is 33.7 Å². The molecule has 1 aromatic carbocycles. The van der Waals surface area contributed by atoms with Crippen molar-refractivity contribution in [1.29, 1.82) is 0 Å². The van der Waals surface area contributed by atoms with Gasteiger partial charge in [0.2, 0.25) is 5.82 Å². The number of fused-ring (bicyclic) bond motifs is 1. The molecule has 2 aliphatic heterocycles. The molecule has 13 nitrogen and oxygen atoms in total. The zero-order valence-electron chi connectivity index (χ0n) is 22.2. The van der Waals surface area contributed by atoms with Crippen molar-refractivity contribution in [3.63, 3.8) is 0 Å². The number of nitrogens with zero attached hydrogens (tertiary/aromatic N) is 5. The van der Waals surface area contributed by atoms with Gasteiger partial charge in [-0.3, -0.25) is 9.36 Å². The Morgan fingerprint density at radius 2 is 1.93 bits per heavy atom. The number of hydrogen-bond acceptors (Lipinski definition) is 10. The highest BCUT2D eigenvalue weighted by Crippen LogP contribution is 2.32. The Labute approximate surface area is 234 Å². The van der Waals surface area contributed by atoms with Gasteiger partial charge in [0, 0.05) is 26.1 Å². The molecule has 2 saturated heterocycles. The fraction of sp³-hybridized carbons (Fsp3) is 0.444. The summed E-state index contributed by atoms with van der Waals surface area (Å²) >= 11 is 0. The minimum absolute atomic E-state index is 0.0827. The third kappa shape index (κ3) is 6.07. The lowest BCUT2D eigenvalue weighted by Crippen LogP contribution is -2.42. The molecular weight excluding hydrogens is 537 g/mol. The van der Waals surface area contributed by atoms with E-state index in [1.807, 2.05) is 0 Å². The third-order valence-corrected chi connectivity index (χ3v) is 7.05. The fourth-order valence-corrected chi connectivity index (χ4v) is 4.82. The van der Waals surface area contributed by atoms with Crippen LogP contribution in [0, 0.1) is 23.6 Å². The molecule has 216 valence electrons. The Bertz CT molecular complexity index is 1480. The molecule has 0 aliphatic carbocycles. The molecule has 2 aromatic heterocycles. The van der Waals surface area contributed by atoms with Crippen molar-refractivity contribution in [1.82, 2.24) is 29.7 Å². The summed E-state index contributed by atoms with van der Waals surface area (Å²) in [7, 11) is 0. The van der Waals surface area contributed by atoms with Gasteiger partial charge in [0.15, 0.2) is 23.8 Å². The number of aromatic nitrogens is 4. The number of ether oxygens (including phenoxy) is 2. The molecule has 2 aliphatic rings. The normalized spacial score (nSPS) is 22.8. The zero-order chi connectivity index (χ0) is 29.1. The lowest BCUT2D eigenvalue weighted by molar-refractivity contribution is -0.137. The maximum atomic E-state index is 13.1. The highest BCUT2D eigenvalue weighted by Gasteiger charge is 2.47. The second-order valence-electron chi connectivity index (χ2n) is 9.84. The largest absolute Gasteiger partial charge is 0.415 e. The number of hydrogen-bond donors (Lipinski definition) is 4. The summed E-state index contributed by atoms with van der Waals surface area (Å²) in [5, 5.41) is 23.5. The minimum atomic E-state index is -1.45. The second-order valence-corrected chi connectivity index (χ2v) is 9.84. The quantitative estimate of drug-likeness (QED) is 0.325. The highest BCUT2D eigenvalue weighted by molar-refractivity contribution is 5.83. The second kappa shape index (κ2) is 12.0. The number of aliphatic hydroxyl groups excluding tert-OH is 2. The topological polar surface area (TPSA) is 178 Å². The number of nitrogens with two attached hydrogens (primary N) is 1. The Morgan fingerprint density at radius 3 is 2.63 bits per heavy atom. The van der Waals surface area contributed by atoms with Crippen LogP contribution in [0.15, 0.2) is 30.6 Å². The SMILES string of the molecule is CCNC(=O)C1OC(n2cnc3c(N)nc(C#CCC4CCN(C(=O)Oc5ccc(F)cc5)CC4)nc32)[C@@H](O)[C@H]1O. The Kier molecular flexibility index (Phi) is 8.29. The summed E-state index contributed by atoms with van der Waals surface area (Å²) < 4.78 is 25.4. The number of anilines is 1. The van der Waals surface area contributed by atoms with E-state index in [2.05, 4.69) is 32.1 Å². The van der Waals surface area contributed by atoms with E-state index in [0.717, 1.165) is 12.8 Å². The molecule has 0 saturated carbocycles. The summed E-state index contributed by atoms with van der Waals surface area (Å²) in [5.74, 6) is 5.82. The number of amides is 2. The number of likely N-dealkylation sites (tertiary alicyclic amines) is 1. The van der Waals surface area contributed by atoms with E-state index >= 15 is 0 Å². The number of benzene rings is 1. The third-order valence-electron chi connectivity index (χ3n) is 7.05. The summed E-state index contributed by atoms with van der Waals surface area (Å²) in [6.45, 7) is 3.09. The van der Waals surface area contributed by atoms with Crippen molar-refractivity contribution in [2.45, 2.75) is 50.7 Å². The first kappa shape index (κ1) is 28.2. The van der Waals surface area contributed by atoms with Gasteiger partial charge in [0.25, 0.3) is 5.91 Å². The average Bonchev–Trinajstić information content (AvgIpc) is 3.51. The molecule has 2 amide bonds. The minimum Gasteiger partial charge on any atom is -0.410 e. The van der Waals surface area contributed by atoms with Gasteiger partial charge in [-0.05, 0) is 55.9 Å². The van der Waals surface area contributed by atoms with Crippen molar-refractivity contribution >= 4 is 29.0 Å². The maximum Gasteiger partial charge on any atom is 0.415 e. The lowest BCUT2D eigenvalue weighted by Gasteiger charge is -2.30. The summed E-state index contributed by atoms with van der Waals surface area (Å²) in [6.07, 6.45) is -2.37. The highest BCUT2D eigenvalue weighted by atomic mass is 19.1. The van der Waals surface area contributed by atoms with Crippen molar-refractivity contribution in [2.24, 2.45) is 5.92 Å². The van der Waals surface area contributed by atoms with Crippen LogP contribution in [0.4, 0.5) is 15.0 Å². The van der Waals surface area contributed by atoms with Gasteiger partial charge in [0.1, 0.15) is 29.3 Å². The number of carbonyl (C=O) groups excluding carboxylic acids is 2. The number of imidazole rings is 1. The lowest BCUT2D eigenvalue weighted by atomic mass is 9.94. The standard InChI is InChI=1S/C27H30FN7O6/c1-2-30-25(38)22-20(36)21(37)26(41-22)35-14-31-19-23(29)32-18(33-24(19)35)5-3-4-15-10-12-34(13-11-15)27(39)40-17-8-6-16(28)7-9-17/h6-9,14-15,20-22,26,36-37H,2,4,10-13H2,1H3,(H,30,38)(H2,29,32,33)/t20-,21+,22?,26?/m1/s1. The molecule has 0 radical (unpaired) electrons. The summed E-state index contributed by atoms with van der Waals surface area (Å²) in [6, 6.07) is 5.28. The number of piperidine rings is 1. The molecule has 4 heterocycles. The van der Waals surface area contributed by atoms with Crippen molar-refractivity contribution in [3.05, 3.63) is 42.2 Å². The van der Waals surface area contributed by atoms with E-state index in [0.29, 0.717) is 26.1 Å². The van der Waals surface area contributed by atoms with Crippen LogP contribution >= 0.6 is 0 Å². The number of rotatable bonds is 5. The summed E-state index contributed by atoms with van der Waals surface area (Å²) in [5.41, 5.74) is 6.59. The van der Waals surface area contributed by atoms with Crippen LogP contribution in [0.3, 0.4) is 0 Å². The number of halogens is 1. The number of nitrogens with one attached hydrogen (secondary N) is 1. The number of carbonyl (C=O) groups is 2. The van der Waals surface area contributed by atoms with E-state index in [-0.39, 0.29) is 34.5 Å². The van der Waals surface area contributed by atoms with Crippen LogP contribution in [-0.2, 0) is 9.53 Å². The molecular formula is C27H30FN7O6. The van der Waals surface area contributed by atoms with Gasteiger partial charge >= 0.3 is 6.09 Å². The molecule has 0 spiro atoms. The predicted molar refractivity (Wildman–Crippen MR) is 143 cm³/mol. The van der Waals surface area contributed by atoms with Gasteiger partial charge in [0.05, 0.1) is 6.33 Å². The Balaban J connectivity index is 1.21. The molecule has 41 heavy (non-hydrogen) atoms. The van der Waals surface area contributed by atoms with Crippen molar-refractivity contribution in [2.75, 3.05) is 25.4 Å². The summed E-state index contributed by atoms with van der Waals surface area (Å²) in [4.78, 5) is 39.1. The smallest absolute Gasteiger partial charge is 0.410 e. The van der Waals surface area contributed by atoms with Crippen molar-refractivity contribution in [3.8, 4) is 17.6 Å². The van der Waals surface area contributed by atoms with Crippen LogP contribution in [-0.4, -0.2) is 84.6 Å². The van der Waals surface area contributed by atoms with Crippen LogP contribution < -0.4 is 15.8 Å². The van der Waals surface area contributed by atoms with Gasteiger partial charge in [-0.25, -0.2) is 24.1 Å². The number of likely N-dealkylation sites (N-methyl/N-ethyl adjacent to an activating group) is 1.